The van der Waals surface area contributed by atoms with Crippen LogP contribution in [-0.2, 0) is 13.0 Å². The normalized spacial score (nSPS) is 17.3. The molecule has 29 heavy (non-hydrogen) atoms. The molecule has 1 aliphatic carbocycles. The van der Waals surface area contributed by atoms with E-state index in [9.17, 15) is 9.59 Å². The first-order valence-corrected chi connectivity index (χ1v) is 10.9. The van der Waals surface area contributed by atoms with E-state index in [-0.39, 0.29) is 17.9 Å². The van der Waals surface area contributed by atoms with Gasteiger partial charge >= 0.3 is 0 Å². The van der Waals surface area contributed by atoms with Crippen molar-refractivity contribution in [2.24, 2.45) is 0 Å². The molecular weight excluding hydrogens is 364 g/mol. The number of nitrogens with one attached hydrogen (secondary N) is 2. The molecule has 1 aliphatic heterocycles. The number of rotatable bonds is 4. The van der Waals surface area contributed by atoms with Crippen LogP contribution in [0.1, 0.15) is 83.7 Å². The lowest BCUT2D eigenvalue weighted by Gasteiger charge is -2.19. The molecule has 2 N–H and O–H groups in total. The smallest absolute Gasteiger partial charge is 0.287 e. The van der Waals surface area contributed by atoms with E-state index in [1.165, 1.54) is 12.8 Å². The zero-order chi connectivity index (χ0) is 20.2. The van der Waals surface area contributed by atoms with Gasteiger partial charge in [-0.1, -0.05) is 43.4 Å². The topological polar surface area (TPSA) is 76.0 Å². The van der Waals surface area contributed by atoms with Gasteiger partial charge in [-0.05, 0) is 51.2 Å². The van der Waals surface area contributed by atoms with Crippen LogP contribution in [0.5, 0.6) is 0 Å². The van der Waals surface area contributed by atoms with Gasteiger partial charge in [0.05, 0.1) is 5.69 Å². The third-order valence-electron chi connectivity index (χ3n) is 6.04. The van der Waals surface area contributed by atoms with Crippen molar-refractivity contribution in [1.82, 2.24) is 14.9 Å². The maximum atomic E-state index is 13.0. The SMILES string of the molecule is Cc1ccc(NC(=O)c2nc(C(=O)NC3CCCCCC3)n3c2CCCC3)cc1. The standard InChI is InChI=1S/C23H30N4O2/c1-16-11-13-18(14-12-16)24-22(28)20-19-10-6-7-15-27(19)21(26-20)23(29)25-17-8-4-2-3-5-9-17/h11-14,17H,2-10,15H2,1H3,(H,24,28)(H,25,29). The Bertz CT molecular complexity index is 877. The number of benzene rings is 1. The Hall–Kier alpha value is -2.63. The van der Waals surface area contributed by atoms with Crippen molar-refractivity contribution in [2.45, 2.75) is 77.3 Å². The van der Waals surface area contributed by atoms with Crippen LogP contribution in [0.25, 0.3) is 0 Å². The summed E-state index contributed by atoms with van der Waals surface area (Å²) in [6.45, 7) is 2.75. The molecule has 154 valence electrons. The highest BCUT2D eigenvalue weighted by Crippen LogP contribution is 2.23. The van der Waals surface area contributed by atoms with E-state index in [2.05, 4.69) is 15.6 Å². The molecule has 2 amide bonds. The van der Waals surface area contributed by atoms with Gasteiger partial charge in [0.25, 0.3) is 11.8 Å². The van der Waals surface area contributed by atoms with Crippen molar-refractivity contribution in [3.8, 4) is 0 Å². The van der Waals surface area contributed by atoms with E-state index in [4.69, 9.17) is 0 Å². The number of aromatic nitrogens is 2. The lowest BCUT2D eigenvalue weighted by molar-refractivity contribution is 0.0917. The van der Waals surface area contributed by atoms with Gasteiger partial charge in [-0.2, -0.15) is 0 Å². The number of imidazole rings is 1. The molecule has 0 saturated heterocycles. The molecule has 0 spiro atoms. The second-order valence-electron chi connectivity index (χ2n) is 8.32. The summed E-state index contributed by atoms with van der Waals surface area (Å²) < 4.78 is 1.96. The minimum absolute atomic E-state index is 0.144. The fraction of sp³-hybridized carbons (Fsp3) is 0.522. The van der Waals surface area contributed by atoms with Crippen LogP contribution in [0.3, 0.4) is 0 Å². The molecule has 0 atom stereocenters. The minimum Gasteiger partial charge on any atom is -0.347 e. The molecule has 1 saturated carbocycles. The van der Waals surface area contributed by atoms with Gasteiger partial charge in [-0.25, -0.2) is 4.98 Å². The largest absolute Gasteiger partial charge is 0.347 e. The van der Waals surface area contributed by atoms with Gasteiger partial charge in [0.2, 0.25) is 0 Å². The third-order valence-corrected chi connectivity index (χ3v) is 6.04. The fourth-order valence-electron chi connectivity index (χ4n) is 4.40. The van der Waals surface area contributed by atoms with Crippen LogP contribution < -0.4 is 10.6 Å². The van der Waals surface area contributed by atoms with Gasteiger partial charge in [-0.15, -0.1) is 0 Å². The van der Waals surface area contributed by atoms with Gasteiger partial charge in [-0.3, -0.25) is 9.59 Å². The van der Waals surface area contributed by atoms with E-state index in [0.29, 0.717) is 11.5 Å². The van der Waals surface area contributed by atoms with Gasteiger partial charge < -0.3 is 15.2 Å². The summed E-state index contributed by atoms with van der Waals surface area (Å²) in [5.74, 6) is 0.000424. The summed E-state index contributed by atoms with van der Waals surface area (Å²) in [5, 5.41) is 6.11. The average Bonchev–Trinajstić information content (AvgIpc) is 2.93. The number of anilines is 1. The zero-order valence-electron chi connectivity index (χ0n) is 17.2. The molecule has 0 radical (unpaired) electrons. The van der Waals surface area contributed by atoms with Gasteiger partial charge in [0, 0.05) is 18.3 Å². The summed E-state index contributed by atoms with van der Waals surface area (Å²) in [4.78, 5) is 30.5. The van der Waals surface area contributed by atoms with Crippen molar-refractivity contribution < 1.29 is 9.59 Å². The number of aryl methyl sites for hydroxylation is 1. The second-order valence-corrected chi connectivity index (χ2v) is 8.32. The zero-order valence-corrected chi connectivity index (χ0v) is 17.2. The predicted octanol–water partition coefficient (Wildman–Crippen LogP) is 4.23. The predicted molar refractivity (Wildman–Crippen MR) is 113 cm³/mol. The molecule has 2 heterocycles. The molecule has 2 aromatic rings. The molecule has 4 rings (SSSR count). The molecule has 6 heteroatoms. The number of carbonyl (C=O) groups excluding carboxylic acids is 2. The first-order chi connectivity index (χ1) is 14.1. The summed E-state index contributed by atoms with van der Waals surface area (Å²) in [5.41, 5.74) is 3.14. The first kappa shape index (κ1) is 19.7. The Balaban J connectivity index is 1.55. The molecule has 0 unspecified atom stereocenters. The molecule has 1 aromatic carbocycles. The number of hydrogen-bond donors (Lipinski definition) is 2. The molecular formula is C23H30N4O2. The molecule has 1 aromatic heterocycles. The number of nitrogens with zero attached hydrogens (tertiary/aromatic N) is 2. The maximum Gasteiger partial charge on any atom is 0.287 e. The molecule has 2 aliphatic rings. The monoisotopic (exact) mass is 394 g/mol. The Morgan fingerprint density at radius 1 is 0.966 bits per heavy atom. The second kappa shape index (κ2) is 8.80. The van der Waals surface area contributed by atoms with E-state index in [1.54, 1.807) is 0 Å². The number of hydrogen-bond acceptors (Lipinski definition) is 3. The summed E-state index contributed by atoms with van der Waals surface area (Å²) >= 11 is 0. The van der Waals surface area contributed by atoms with E-state index >= 15 is 0 Å². The van der Waals surface area contributed by atoms with Crippen LogP contribution in [0.2, 0.25) is 0 Å². The number of carbonyl (C=O) groups is 2. The van der Waals surface area contributed by atoms with Crippen molar-refractivity contribution in [2.75, 3.05) is 5.32 Å². The van der Waals surface area contributed by atoms with Crippen LogP contribution in [0, 0.1) is 6.92 Å². The van der Waals surface area contributed by atoms with Crippen molar-refractivity contribution >= 4 is 17.5 Å². The number of amides is 2. The summed E-state index contributed by atoms with van der Waals surface area (Å²) in [6.07, 6.45) is 9.67. The molecule has 0 bridgehead atoms. The van der Waals surface area contributed by atoms with Crippen LogP contribution in [-0.4, -0.2) is 27.4 Å². The van der Waals surface area contributed by atoms with Crippen LogP contribution >= 0.6 is 0 Å². The highest BCUT2D eigenvalue weighted by molar-refractivity contribution is 6.05. The molecule has 1 fully saturated rings. The van der Waals surface area contributed by atoms with Crippen molar-refractivity contribution in [3.05, 3.63) is 47.0 Å². The highest BCUT2D eigenvalue weighted by Gasteiger charge is 2.28. The quantitative estimate of drug-likeness (QED) is 0.762. The Morgan fingerprint density at radius 2 is 1.69 bits per heavy atom. The summed E-state index contributed by atoms with van der Waals surface area (Å²) in [7, 11) is 0. The van der Waals surface area contributed by atoms with Gasteiger partial charge in [0.1, 0.15) is 0 Å². The van der Waals surface area contributed by atoms with Gasteiger partial charge in [0.15, 0.2) is 11.5 Å². The van der Waals surface area contributed by atoms with E-state index in [0.717, 1.165) is 68.4 Å². The van der Waals surface area contributed by atoms with E-state index in [1.807, 2.05) is 35.8 Å². The van der Waals surface area contributed by atoms with Crippen molar-refractivity contribution in [1.29, 1.82) is 0 Å². The maximum absolute atomic E-state index is 13.0. The fourth-order valence-corrected chi connectivity index (χ4v) is 4.40. The Labute approximate surface area is 172 Å². The van der Waals surface area contributed by atoms with E-state index < -0.39 is 0 Å². The average molecular weight is 395 g/mol. The van der Waals surface area contributed by atoms with Crippen molar-refractivity contribution in [3.63, 3.8) is 0 Å². The first-order valence-electron chi connectivity index (χ1n) is 10.9. The Kier molecular flexibility index (Phi) is 5.97. The minimum atomic E-state index is -0.243. The highest BCUT2D eigenvalue weighted by atomic mass is 16.2. The van der Waals surface area contributed by atoms with Crippen LogP contribution in [0.4, 0.5) is 5.69 Å². The lowest BCUT2D eigenvalue weighted by atomic mass is 10.1. The summed E-state index contributed by atoms with van der Waals surface area (Å²) in [6, 6.07) is 7.91. The van der Waals surface area contributed by atoms with Crippen LogP contribution in [0.15, 0.2) is 24.3 Å². The number of fused-ring (bicyclic) bond motifs is 1. The molecule has 6 nitrogen and oxygen atoms in total. The Morgan fingerprint density at radius 3 is 2.41 bits per heavy atom. The lowest BCUT2D eigenvalue weighted by Crippen LogP contribution is -2.36. The third kappa shape index (κ3) is 4.52.